The van der Waals surface area contributed by atoms with Crippen LogP contribution in [0.1, 0.15) is 35.6 Å². The number of fused-ring (bicyclic) bond motifs is 6. The van der Waals surface area contributed by atoms with Crippen LogP contribution in [0.5, 0.6) is 11.5 Å². The maximum atomic E-state index is 6.80. The Morgan fingerprint density at radius 1 is 0.600 bits per heavy atom. The van der Waals surface area contributed by atoms with Crippen LogP contribution in [0.2, 0.25) is 0 Å². The van der Waals surface area contributed by atoms with Crippen LogP contribution in [0.15, 0.2) is 91.0 Å². The van der Waals surface area contributed by atoms with Crippen LogP contribution in [-0.2, 0) is 0 Å². The molecular weight excluding hydrogens is 621 g/mol. The normalized spacial score (nSPS) is 12.0. The SMILES string of the molecule is CN(C)CCCOc1cccc(-c2c(N)ccccc3nc(c(-c4cccc(OCCCN(C)C)c4)c4ccc(cc5nc2C=C5)[nH]4)C=C3)c1. The Bertz CT molecular complexity index is 2060. The molecule has 8 heteroatoms. The zero-order chi connectivity index (χ0) is 34.9. The molecule has 6 rings (SSSR count). The minimum atomic E-state index is 0.603. The quantitative estimate of drug-likeness (QED) is 0.127. The number of aromatic nitrogens is 3. The third kappa shape index (κ3) is 8.96. The summed E-state index contributed by atoms with van der Waals surface area (Å²) >= 11 is 0. The van der Waals surface area contributed by atoms with Crippen LogP contribution < -0.4 is 15.2 Å². The van der Waals surface area contributed by atoms with Crippen molar-refractivity contribution >= 4 is 41.0 Å². The molecule has 4 aromatic rings. The molecule has 0 spiro atoms. The lowest BCUT2D eigenvalue weighted by molar-refractivity contribution is 0.281. The number of benzene rings is 2. The second kappa shape index (κ2) is 16.3. The molecule has 0 atom stereocenters. The standard InChI is InChI=1S/C42H46N6O2/c1-47(2)23-9-25-49-35-14-7-11-30(27-35)41-37(43)16-6-5-13-32-17-20-39(44-32)42(31-12-8-15-36(28-31)50-26-10-24-48(3)4)40-22-19-34(46-40)29-33-18-21-38(41)45-33/h5-8,11-22,27-29,46H,9-10,23-26,43H2,1-4H3. The number of H-pyrrole nitrogens is 1. The van der Waals surface area contributed by atoms with Crippen molar-refractivity contribution in [2.75, 3.05) is 60.2 Å². The van der Waals surface area contributed by atoms with Gasteiger partial charge in [-0.25, -0.2) is 9.97 Å². The summed E-state index contributed by atoms with van der Waals surface area (Å²) in [6.45, 7) is 3.24. The van der Waals surface area contributed by atoms with Crippen molar-refractivity contribution in [3.05, 3.63) is 114 Å². The fourth-order valence-corrected chi connectivity index (χ4v) is 5.93. The van der Waals surface area contributed by atoms with Gasteiger partial charge in [0.2, 0.25) is 0 Å². The highest BCUT2D eigenvalue weighted by Gasteiger charge is 2.13. The molecule has 2 aliphatic heterocycles. The summed E-state index contributed by atoms with van der Waals surface area (Å²) in [5.41, 5.74) is 16.4. The molecule has 2 aliphatic rings. The molecule has 0 saturated carbocycles. The van der Waals surface area contributed by atoms with Gasteiger partial charge in [-0.15, -0.1) is 0 Å². The Kier molecular flexibility index (Phi) is 11.2. The van der Waals surface area contributed by atoms with Gasteiger partial charge in [-0.1, -0.05) is 36.4 Å². The van der Waals surface area contributed by atoms with E-state index in [1.807, 2.05) is 85.0 Å². The topological polar surface area (TPSA) is 92.5 Å². The number of rotatable bonds is 12. The van der Waals surface area contributed by atoms with Gasteiger partial charge in [0.1, 0.15) is 11.5 Å². The number of hydrogen-bond donors (Lipinski definition) is 2. The van der Waals surface area contributed by atoms with E-state index in [-0.39, 0.29) is 0 Å². The maximum Gasteiger partial charge on any atom is 0.119 e. The van der Waals surface area contributed by atoms with E-state index in [9.17, 15) is 0 Å². The van der Waals surface area contributed by atoms with Gasteiger partial charge in [0.25, 0.3) is 0 Å². The van der Waals surface area contributed by atoms with Crippen LogP contribution in [0.25, 0.3) is 57.6 Å². The minimum absolute atomic E-state index is 0.603. The zero-order valence-corrected chi connectivity index (χ0v) is 29.4. The summed E-state index contributed by atoms with van der Waals surface area (Å²) in [6.07, 6.45) is 10.0. The summed E-state index contributed by atoms with van der Waals surface area (Å²) in [5, 5.41) is 0. The lowest BCUT2D eigenvalue weighted by Crippen LogP contribution is -2.15. The first-order valence-corrected chi connectivity index (χ1v) is 17.1. The lowest BCUT2D eigenvalue weighted by Gasteiger charge is -2.12. The molecule has 0 saturated heterocycles. The minimum Gasteiger partial charge on any atom is -0.494 e. The molecule has 8 nitrogen and oxygen atoms in total. The van der Waals surface area contributed by atoms with E-state index in [0.717, 1.165) is 93.5 Å². The van der Waals surface area contributed by atoms with Crippen LogP contribution >= 0.6 is 0 Å². The van der Waals surface area contributed by atoms with Crippen molar-refractivity contribution in [3.63, 3.8) is 0 Å². The number of nitrogens with one attached hydrogen (secondary N) is 1. The molecule has 0 amide bonds. The predicted octanol–water partition coefficient (Wildman–Crippen LogP) is 8.31. The molecule has 3 N–H and O–H groups in total. The summed E-state index contributed by atoms with van der Waals surface area (Å²) in [6, 6.07) is 30.3. The predicted molar refractivity (Wildman–Crippen MR) is 208 cm³/mol. The van der Waals surface area contributed by atoms with Crippen LogP contribution in [0, 0.1) is 0 Å². The van der Waals surface area contributed by atoms with Crippen molar-refractivity contribution in [2.24, 2.45) is 0 Å². The first-order chi connectivity index (χ1) is 24.3. The molecule has 0 fully saturated rings. The number of nitrogens with two attached hydrogens (primary N) is 1. The fourth-order valence-electron chi connectivity index (χ4n) is 5.93. The molecule has 6 bridgehead atoms. The van der Waals surface area contributed by atoms with Crippen LogP contribution in [-0.4, -0.2) is 79.2 Å². The fraction of sp³-hybridized carbons (Fsp3) is 0.238. The molecule has 2 aromatic heterocycles. The van der Waals surface area contributed by atoms with Crippen LogP contribution in [0.3, 0.4) is 0 Å². The van der Waals surface area contributed by atoms with E-state index in [4.69, 9.17) is 25.2 Å². The second-order valence-corrected chi connectivity index (χ2v) is 13.0. The highest BCUT2D eigenvalue weighted by atomic mass is 16.5. The molecule has 0 radical (unpaired) electrons. The summed E-state index contributed by atoms with van der Waals surface area (Å²) < 4.78 is 12.2. The second-order valence-electron chi connectivity index (χ2n) is 13.0. The number of aromatic amines is 1. The van der Waals surface area contributed by atoms with E-state index in [0.29, 0.717) is 18.9 Å². The van der Waals surface area contributed by atoms with Crippen molar-refractivity contribution in [2.45, 2.75) is 12.8 Å². The third-order valence-electron chi connectivity index (χ3n) is 8.34. The van der Waals surface area contributed by atoms with E-state index >= 15 is 0 Å². The summed E-state index contributed by atoms with van der Waals surface area (Å²) in [7, 11) is 8.29. The van der Waals surface area contributed by atoms with E-state index in [1.165, 1.54) is 0 Å². The average molecular weight is 667 g/mol. The molecule has 0 unspecified atom stereocenters. The van der Waals surface area contributed by atoms with Crippen molar-refractivity contribution in [1.29, 1.82) is 0 Å². The summed E-state index contributed by atoms with van der Waals surface area (Å²) in [4.78, 5) is 18.0. The highest BCUT2D eigenvalue weighted by Crippen LogP contribution is 2.34. The Morgan fingerprint density at radius 2 is 1.18 bits per heavy atom. The van der Waals surface area contributed by atoms with Crippen LogP contribution in [0.4, 0.5) is 5.69 Å². The van der Waals surface area contributed by atoms with Gasteiger partial charge in [0, 0.05) is 40.9 Å². The molecule has 2 aromatic carbocycles. The largest absolute Gasteiger partial charge is 0.494 e. The summed E-state index contributed by atoms with van der Waals surface area (Å²) in [5.74, 6) is 1.64. The number of ether oxygens (including phenoxy) is 2. The van der Waals surface area contributed by atoms with Gasteiger partial charge in [-0.2, -0.15) is 0 Å². The Balaban J connectivity index is 1.43. The monoisotopic (exact) mass is 666 g/mol. The van der Waals surface area contributed by atoms with Crippen molar-refractivity contribution in [1.82, 2.24) is 24.8 Å². The highest BCUT2D eigenvalue weighted by molar-refractivity contribution is 5.91. The van der Waals surface area contributed by atoms with Gasteiger partial charge in [-0.3, -0.25) is 0 Å². The van der Waals surface area contributed by atoms with Gasteiger partial charge in [0.15, 0.2) is 0 Å². The molecular formula is C42H46N6O2. The first kappa shape index (κ1) is 34.4. The van der Waals surface area contributed by atoms with E-state index < -0.39 is 0 Å². The Morgan fingerprint density at radius 3 is 1.84 bits per heavy atom. The third-order valence-corrected chi connectivity index (χ3v) is 8.34. The molecule has 0 aliphatic carbocycles. The lowest BCUT2D eigenvalue weighted by atomic mass is 10.0. The zero-order valence-electron chi connectivity index (χ0n) is 29.4. The maximum absolute atomic E-state index is 6.80. The molecule has 256 valence electrons. The van der Waals surface area contributed by atoms with Gasteiger partial charge in [0.05, 0.1) is 36.0 Å². The van der Waals surface area contributed by atoms with Crippen molar-refractivity contribution < 1.29 is 9.47 Å². The first-order valence-electron chi connectivity index (χ1n) is 17.1. The average Bonchev–Trinajstić information content (AvgIpc) is 3.87. The number of hydrogen-bond acceptors (Lipinski definition) is 7. The smallest absolute Gasteiger partial charge is 0.119 e. The number of nitrogen functional groups attached to an aromatic ring is 1. The number of anilines is 1. The Labute approximate surface area is 295 Å². The van der Waals surface area contributed by atoms with Gasteiger partial charge in [-0.05, 0) is 131 Å². The van der Waals surface area contributed by atoms with Gasteiger partial charge >= 0.3 is 0 Å². The van der Waals surface area contributed by atoms with Crippen molar-refractivity contribution in [3.8, 4) is 33.8 Å². The van der Waals surface area contributed by atoms with Gasteiger partial charge < -0.3 is 30.0 Å². The van der Waals surface area contributed by atoms with E-state index in [2.05, 4.69) is 73.3 Å². The number of nitrogens with zero attached hydrogens (tertiary/aromatic N) is 4. The molecule has 4 heterocycles. The Hall–Kier alpha value is -5.44. The molecule has 50 heavy (non-hydrogen) atoms. The van der Waals surface area contributed by atoms with E-state index in [1.54, 1.807) is 0 Å².